The summed E-state index contributed by atoms with van der Waals surface area (Å²) in [6.07, 6.45) is 2.64. The number of nitrogens with one attached hydrogen (secondary N) is 2. The molecule has 1 amide bonds. The lowest BCUT2D eigenvalue weighted by atomic mass is 10.3. The fraction of sp³-hybridized carbons (Fsp3) is 0.636. The van der Waals surface area contributed by atoms with Crippen LogP contribution in [0.15, 0.2) is 11.2 Å². The van der Waals surface area contributed by atoms with Gasteiger partial charge in [-0.25, -0.2) is 13.4 Å². The van der Waals surface area contributed by atoms with Crippen LogP contribution in [0.4, 0.5) is 0 Å². The third kappa shape index (κ3) is 2.95. The predicted octanol–water partition coefficient (Wildman–Crippen LogP) is -0.129. The molecular formula is C11H18N4O3S. The van der Waals surface area contributed by atoms with Crippen molar-refractivity contribution in [3.05, 3.63) is 12.0 Å². The fourth-order valence-corrected chi connectivity index (χ4v) is 3.58. The van der Waals surface area contributed by atoms with Gasteiger partial charge in [0.05, 0.1) is 6.20 Å². The van der Waals surface area contributed by atoms with Gasteiger partial charge in [-0.3, -0.25) is 4.79 Å². The van der Waals surface area contributed by atoms with Crippen LogP contribution in [0, 0.1) is 0 Å². The van der Waals surface area contributed by atoms with E-state index in [2.05, 4.69) is 15.3 Å². The minimum absolute atomic E-state index is 0.110. The molecule has 2 rings (SSSR count). The highest BCUT2D eigenvalue weighted by Crippen LogP contribution is 2.19. The summed E-state index contributed by atoms with van der Waals surface area (Å²) in [4.78, 5) is 17.8. The Bertz CT molecular complexity index is 566. The Morgan fingerprint density at radius 3 is 2.95 bits per heavy atom. The highest BCUT2D eigenvalue weighted by molar-refractivity contribution is 7.89. The number of aromatic nitrogens is 2. The number of amides is 1. The third-order valence-corrected chi connectivity index (χ3v) is 4.89. The Morgan fingerprint density at radius 1 is 1.63 bits per heavy atom. The Hall–Kier alpha value is -1.41. The first-order valence-electron chi connectivity index (χ1n) is 6.24. The molecule has 0 radical (unpaired) electrons. The number of hydrogen-bond acceptors (Lipinski definition) is 4. The number of aryl methyl sites for hydroxylation is 1. The van der Waals surface area contributed by atoms with Crippen molar-refractivity contribution < 1.29 is 13.2 Å². The van der Waals surface area contributed by atoms with Gasteiger partial charge >= 0.3 is 0 Å². The molecule has 7 nitrogen and oxygen atoms in total. The Morgan fingerprint density at radius 2 is 2.37 bits per heavy atom. The first kappa shape index (κ1) is 14.0. The van der Waals surface area contributed by atoms with Crippen LogP contribution >= 0.6 is 0 Å². The number of imidazole rings is 1. The van der Waals surface area contributed by atoms with Crippen LogP contribution in [0.5, 0.6) is 0 Å². The molecule has 106 valence electrons. The largest absolute Gasteiger partial charge is 0.352 e. The number of nitrogens with zero attached hydrogens (tertiary/aromatic N) is 2. The molecule has 0 saturated carbocycles. The van der Waals surface area contributed by atoms with Crippen molar-refractivity contribution in [3.8, 4) is 0 Å². The Labute approximate surface area is 112 Å². The number of carbonyl (C=O) groups is 1. The smallest absolute Gasteiger partial charge is 0.260 e. The number of aromatic amines is 1. The third-order valence-electron chi connectivity index (χ3n) is 3.12. The molecule has 0 aliphatic carbocycles. The standard InChI is InChI=1S/C11H18N4O3S/c1-3-10-12-6-11(14-10)19(17,18)15-5-4-9(7-15)13-8(2)16/h6,9H,3-5,7H2,1-2H3,(H,12,14)(H,13,16). The van der Waals surface area contributed by atoms with Gasteiger partial charge < -0.3 is 10.3 Å². The van der Waals surface area contributed by atoms with Crippen LogP contribution in [-0.2, 0) is 21.2 Å². The summed E-state index contributed by atoms with van der Waals surface area (Å²) >= 11 is 0. The maximum Gasteiger partial charge on any atom is 0.260 e. The van der Waals surface area contributed by atoms with Gasteiger partial charge in [0.2, 0.25) is 5.91 Å². The van der Waals surface area contributed by atoms with Crippen molar-refractivity contribution in [3.63, 3.8) is 0 Å². The average molecular weight is 286 g/mol. The van der Waals surface area contributed by atoms with Crippen LogP contribution < -0.4 is 5.32 Å². The molecule has 1 aliphatic heterocycles. The molecule has 0 bridgehead atoms. The van der Waals surface area contributed by atoms with Gasteiger partial charge in [-0.05, 0) is 6.42 Å². The summed E-state index contributed by atoms with van der Waals surface area (Å²) in [5.74, 6) is 0.509. The highest BCUT2D eigenvalue weighted by atomic mass is 32.2. The molecule has 8 heteroatoms. The van der Waals surface area contributed by atoms with E-state index in [1.807, 2.05) is 6.92 Å². The van der Waals surface area contributed by atoms with Crippen LogP contribution in [-0.4, -0.2) is 47.7 Å². The van der Waals surface area contributed by atoms with Crippen LogP contribution in [0.3, 0.4) is 0 Å². The predicted molar refractivity (Wildman–Crippen MR) is 68.9 cm³/mol. The molecule has 0 spiro atoms. The van der Waals surface area contributed by atoms with E-state index < -0.39 is 10.0 Å². The molecule has 19 heavy (non-hydrogen) atoms. The maximum atomic E-state index is 12.3. The van der Waals surface area contributed by atoms with Gasteiger partial charge in [0, 0.05) is 32.5 Å². The molecule has 1 atom stereocenters. The SMILES string of the molecule is CCc1ncc(S(=O)(=O)N2CCC(NC(C)=O)C2)[nH]1. The zero-order valence-corrected chi connectivity index (χ0v) is 11.8. The van der Waals surface area contributed by atoms with E-state index in [0.29, 0.717) is 31.8 Å². The van der Waals surface area contributed by atoms with Crippen molar-refractivity contribution in [2.75, 3.05) is 13.1 Å². The number of H-pyrrole nitrogens is 1. The van der Waals surface area contributed by atoms with E-state index in [0.717, 1.165) is 0 Å². The van der Waals surface area contributed by atoms with Crippen LogP contribution in [0.1, 0.15) is 26.1 Å². The van der Waals surface area contributed by atoms with Crippen molar-refractivity contribution in [1.29, 1.82) is 0 Å². The molecule has 1 unspecified atom stereocenters. The first-order valence-corrected chi connectivity index (χ1v) is 7.68. The normalized spacial score (nSPS) is 20.6. The number of carbonyl (C=O) groups excluding carboxylic acids is 1. The number of hydrogen-bond donors (Lipinski definition) is 2. The maximum absolute atomic E-state index is 12.3. The van der Waals surface area contributed by atoms with Gasteiger partial charge in [0.15, 0.2) is 5.03 Å². The molecule has 1 saturated heterocycles. The number of sulfonamides is 1. The fourth-order valence-electron chi connectivity index (χ4n) is 2.14. The summed E-state index contributed by atoms with van der Waals surface area (Å²) in [5.41, 5.74) is 0. The number of rotatable bonds is 4. The van der Waals surface area contributed by atoms with E-state index in [9.17, 15) is 13.2 Å². The van der Waals surface area contributed by atoms with Crippen LogP contribution in [0.25, 0.3) is 0 Å². The van der Waals surface area contributed by atoms with Crippen molar-refractivity contribution in [1.82, 2.24) is 19.6 Å². The van der Waals surface area contributed by atoms with E-state index in [4.69, 9.17) is 0 Å². The minimum Gasteiger partial charge on any atom is -0.352 e. The second kappa shape index (κ2) is 5.30. The van der Waals surface area contributed by atoms with Gasteiger partial charge in [-0.2, -0.15) is 4.31 Å². The van der Waals surface area contributed by atoms with Crippen molar-refractivity contribution in [2.45, 2.75) is 37.8 Å². The summed E-state index contributed by atoms with van der Waals surface area (Å²) < 4.78 is 26.0. The summed E-state index contributed by atoms with van der Waals surface area (Å²) in [5, 5.41) is 2.86. The monoisotopic (exact) mass is 286 g/mol. The van der Waals surface area contributed by atoms with E-state index in [1.54, 1.807) is 0 Å². The second-order valence-corrected chi connectivity index (χ2v) is 6.50. The summed E-state index contributed by atoms with van der Waals surface area (Å²) in [6.45, 7) is 4.05. The van der Waals surface area contributed by atoms with Crippen molar-refractivity contribution in [2.24, 2.45) is 0 Å². The topological polar surface area (TPSA) is 95.2 Å². The van der Waals surface area contributed by atoms with Crippen LogP contribution in [0.2, 0.25) is 0 Å². The quantitative estimate of drug-likeness (QED) is 0.806. The average Bonchev–Trinajstić information content (AvgIpc) is 2.96. The zero-order chi connectivity index (χ0) is 14.0. The molecule has 2 N–H and O–H groups in total. The van der Waals surface area contributed by atoms with E-state index >= 15 is 0 Å². The van der Waals surface area contributed by atoms with E-state index in [1.165, 1.54) is 17.4 Å². The summed E-state index contributed by atoms with van der Waals surface area (Å²) in [6, 6.07) is -0.110. The Kier molecular flexibility index (Phi) is 3.91. The van der Waals surface area contributed by atoms with Crippen molar-refractivity contribution >= 4 is 15.9 Å². The van der Waals surface area contributed by atoms with E-state index in [-0.39, 0.29) is 17.0 Å². The Balaban J connectivity index is 2.11. The first-order chi connectivity index (χ1) is 8.93. The molecule has 1 fully saturated rings. The van der Waals surface area contributed by atoms with Gasteiger partial charge in [-0.15, -0.1) is 0 Å². The lowest BCUT2D eigenvalue weighted by Gasteiger charge is -2.15. The molecule has 1 aromatic heterocycles. The highest BCUT2D eigenvalue weighted by Gasteiger charge is 2.33. The van der Waals surface area contributed by atoms with Gasteiger partial charge in [-0.1, -0.05) is 6.92 Å². The molecule has 0 aromatic carbocycles. The zero-order valence-electron chi connectivity index (χ0n) is 11.0. The summed E-state index contributed by atoms with van der Waals surface area (Å²) in [7, 11) is -3.53. The molecule has 1 aliphatic rings. The van der Waals surface area contributed by atoms with Gasteiger partial charge in [0.1, 0.15) is 5.82 Å². The minimum atomic E-state index is -3.53. The van der Waals surface area contributed by atoms with Gasteiger partial charge in [0.25, 0.3) is 10.0 Å². The lowest BCUT2D eigenvalue weighted by molar-refractivity contribution is -0.119. The lowest BCUT2D eigenvalue weighted by Crippen LogP contribution is -2.37. The molecule has 2 heterocycles. The molecular weight excluding hydrogens is 268 g/mol. The molecule has 1 aromatic rings. The second-order valence-electron chi connectivity index (χ2n) is 4.60.